The van der Waals surface area contributed by atoms with Crippen LogP contribution in [0.15, 0.2) is 60.8 Å². The average molecular weight is 461 g/mol. The molecule has 1 aliphatic carbocycles. The van der Waals surface area contributed by atoms with Gasteiger partial charge in [0.15, 0.2) is 0 Å². The lowest BCUT2D eigenvalue weighted by atomic mass is 9.96. The van der Waals surface area contributed by atoms with Crippen molar-refractivity contribution in [3.8, 4) is 40.3 Å². The van der Waals surface area contributed by atoms with Crippen molar-refractivity contribution in [2.75, 3.05) is 13.2 Å². The summed E-state index contributed by atoms with van der Waals surface area (Å²) in [5.41, 5.74) is 6.08. The molecule has 0 unspecified atom stereocenters. The number of H-pyrrole nitrogens is 1. The van der Waals surface area contributed by atoms with Crippen LogP contribution in [-0.4, -0.2) is 29.3 Å². The molecular formula is C29H24N4O2. The van der Waals surface area contributed by atoms with E-state index >= 15 is 0 Å². The Hall–Kier alpha value is -4.13. The van der Waals surface area contributed by atoms with Crippen LogP contribution in [0.4, 0.5) is 0 Å². The number of nitriles is 2. The minimum absolute atomic E-state index is 0.0795. The largest absolute Gasteiger partial charge is 0.489 e. The summed E-state index contributed by atoms with van der Waals surface area (Å²) in [7, 11) is 0. The first-order valence-corrected chi connectivity index (χ1v) is 12.0. The lowest BCUT2D eigenvalue weighted by Crippen LogP contribution is -2.26. The van der Waals surface area contributed by atoms with Gasteiger partial charge in [-0.25, -0.2) is 4.98 Å². The molecular weight excluding hydrogens is 436 g/mol. The maximum absolute atomic E-state index is 9.79. The molecule has 3 heterocycles. The topological polar surface area (TPSA) is 94.7 Å². The summed E-state index contributed by atoms with van der Waals surface area (Å²) in [6.45, 7) is 1.38. The van der Waals surface area contributed by atoms with E-state index in [2.05, 4.69) is 52.4 Å². The van der Waals surface area contributed by atoms with Crippen LogP contribution < -0.4 is 4.74 Å². The fraction of sp³-hybridized carbons (Fsp3) is 0.276. The Morgan fingerprint density at radius 3 is 2.46 bits per heavy atom. The van der Waals surface area contributed by atoms with Crippen molar-refractivity contribution in [1.29, 1.82) is 10.5 Å². The summed E-state index contributed by atoms with van der Waals surface area (Å²) in [4.78, 5) is 7.96. The van der Waals surface area contributed by atoms with Gasteiger partial charge in [-0.2, -0.15) is 10.5 Å². The molecule has 172 valence electrons. The van der Waals surface area contributed by atoms with Crippen molar-refractivity contribution in [3.63, 3.8) is 0 Å². The van der Waals surface area contributed by atoms with Gasteiger partial charge in [0.2, 0.25) is 0 Å². The Kier molecular flexibility index (Phi) is 5.25. The van der Waals surface area contributed by atoms with E-state index in [0.717, 1.165) is 64.7 Å². The summed E-state index contributed by atoms with van der Waals surface area (Å²) in [6.07, 6.45) is 5.40. The van der Waals surface area contributed by atoms with Crippen LogP contribution in [0.5, 0.6) is 5.75 Å². The SMILES string of the molecule is N#Cc1cc(-c2ccnc3[nH]c(-c4ccc(C5(C#N)CC5)cc4)cc23)ccc1OC1CCOCC1. The first-order valence-electron chi connectivity index (χ1n) is 12.0. The summed E-state index contributed by atoms with van der Waals surface area (Å²) < 4.78 is 11.5. The van der Waals surface area contributed by atoms with Crippen LogP contribution in [0.2, 0.25) is 0 Å². The quantitative estimate of drug-likeness (QED) is 0.401. The molecule has 1 saturated heterocycles. The third kappa shape index (κ3) is 3.93. The zero-order chi connectivity index (χ0) is 23.8. The van der Waals surface area contributed by atoms with Crippen LogP contribution >= 0.6 is 0 Å². The molecule has 0 spiro atoms. The number of nitrogens with one attached hydrogen (secondary N) is 1. The molecule has 0 amide bonds. The van der Waals surface area contributed by atoms with Crippen molar-refractivity contribution in [2.24, 2.45) is 0 Å². The van der Waals surface area contributed by atoms with E-state index in [0.29, 0.717) is 24.5 Å². The standard InChI is InChI=1S/C29H24N4O2/c30-17-21-15-20(3-6-27(21)35-23-8-13-34-14-9-23)24-7-12-32-28-25(24)16-26(33-28)19-1-4-22(5-2-19)29(18-31)10-11-29/h1-7,12,15-16,23H,8-11,13-14H2,(H,32,33). The highest BCUT2D eigenvalue weighted by Crippen LogP contribution is 2.47. The van der Waals surface area contributed by atoms with Gasteiger partial charge in [0.25, 0.3) is 0 Å². The summed E-state index contributed by atoms with van der Waals surface area (Å²) in [5, 5.41) is 20.3. The maximum atomic E-state index is 9.79. The summed E-state index contributed by atoms with van der Waals surface area (Å²) in [6, 6.07) is 22.9. The van der Waals surface area contributed by atoms with Crippen molar-refractivity contribution in [1.82, 2.24) is 9.97 Å². The number of aromatic amines is 1. The Morgan fingerprint density at radius 1 is 0.971 bits per heavy atom. The van der Waals surface area contributed by atoms with Crippen molar-refractivity contribution < 1.29 is 9.47 Å². The van der Waals surface area contributed by atoms with Gasteiger partial charge < -0.3 is 14.5 Å². The minimum Gasteiger partial charge on any atom is -0.489 e. The molecule has 2 aromatic carbocycles. The third-order valence-electron chi connectivity index (χ3n) is 7.12. The van der Waals surface area contributed by atoms with Crippen LogP contribution in [0.3, 0.4) is 0 Å². The number of hydrogen-bond acceptors (Lipinski definition) is 5. The van der Waals surface area contributed by atoms with Gasteiger partial charge in [-0.15, -0.1) is 0 Å². The van der Waals surface area contributed by atoms with Crippen LogP contribution in [-0.2, 0) is 10.2 Å². The van der Waals surface area contributed by atoms with Gasteiger partial charge >= 0.3 is 0 Å². The van der Waals surface area contributed by atoms with Gasteiger partial charge in [0, 0.05) is 30.1 Å². The number of fused-ring (bicyclic) bond motifs is 1. The zero-order valence-corrected chi connectivity index (χ0v) is 19.3. The zero-order valence-electron chi connectivity index (χ0n) is 19.3. The number of hydrogen-bond donors (Lipinski definition) is 1. The van der Waals surface area contributed by atoms with E-state index in [4.69, 9.17) is 9.47 Å². The molecule has 6 nitrogen and oxygen atoms in total. The number of aromatic nitrogens is 2. The first-order chi connectivity index (χ1) is 17.2. The number of benzene rings is 2. The number of rotatable bonds is 5. The van der Waals surface area contributed by atoms with E-state index in [9.17, 15) is 10.5 Å². The van der Waals surface area contributed by atoms with E-state index in [1.807, 2.05) is 24.3 Å². The number of pyridine rings is 1. The highest BCUT2D eigenvalue weighted by atomic mass is 16.5. The molecule has 0 radical (unpaired) electrons. The second-order valence-corrected chi connectivity index (χ2v) is 9.33. The molecule has 2 aliphatic rings. The van der Waals surface area contributed by atoms with Gasteiger partial charge in [-0.05, 0) is 59.4 Å². The predicted molar refractivity (Wildman–Crippen MR) is 133 cm³/mol. The summed E-state index contributed by atoms with van der Waals surface area (Å²) >= 11 is 0. The molecule has 35 heavy (non-hydrogen) atoms. The predicted octanol–water partition coefficient (Wildman–Crippen LogP) is 5.88. The Balaban J connectivity index is 1.32. The smallest absolute Gasteiger partial charge is 0.138 e. The lowest BCUT2D eigenvalue weighted by Gasteiger charge is -2.23. The molecule has 4 aromatic rings. The molecule has 2 aromatic heterocycles. The maximum Gasteiger partial charge on any atom is 0.138 e. The fourth-order valence-electron chi connectivity index (χ4n) is 4.85. The molecule has 6 heteroatoms. The second-order valence-electron chi connectivity index (χ2n) is 9.33. The van der Waals surface area contributed by atoms with Crippen molar-refractivity contribution in [3.05, 3.63) is 71.9 Å². The van der Waals surface area contributed by atoms with Crippen LogP contribution in [0, 0.1) is 22.7 Å². The average Bonchev–Trinajstić information content (AvgIpc) is 3.60. The van der Waals surface area contributed by atoms with Crippen LogP contribution in [0.25, 0.3) is 33.4 Å². The molecule has 0 atom stereocenters. The molecule has 6 rings (SSSR count). The van der Waals surface area contributed by atoms with E-state index in [-0.39, 0.29) is 11.5 Å². The van der Waals surface area contributed by atoms with Crippen molar-refractivity contribution in [2.45, 2.75) is 37.2 Å². The minimum atomic E-state index is -0.285. The third-order valence-corrected chi connectivity index (χ3v) is 7.12. The molecule has 1 aliphatic heterocycles. The molecule has 0 bridgehead atoms. The summed E-state index contributed by atoms with van der Waals surface area (Å²) in [5.74, 6) is 0.620. The number of nitrogens with zero attached hydrogens (tertiary/aromatic N) is 3. The Bertz CT molecular complexity index is 1480. The highest BCUT2D eigenvalue weighted by Gasteiger charge is 2.44. The molecule has 1 saturated carbocycles. The lowest BCUT2D eigenvalue weighted by molar-refractivity contribution is 0.0254. The van der Waals surface area contributed by atoms with Gasteiger partial charge in [0.1, 0.15) is 23.6 Å². The van der Waals surface area contributed by atoms with E-state index in [1.165, 1.54) is 0 Å². The van der Waals surface area contributed by atoms with Crippen molar-refractivity contribution >= 4 is 11.0 Å². The normalized spacial score (nSPS) is 17.0. The Morgan fingerprint density at radius 2 is 1.74 bits per heavy atom. The van der Waals surface area contributed by atoms with Crippen LogP contribution in [0.1, 0.15) is 36.8 Å². The van der Waals surface area contributed by atoms with Gasteiger partial charge in [-0.3, -0.25) is 0 Å². The monoisotopic (exact) mass is 460 g/mol. The Labute approximate surface area is 203 Å². The molecule has 1 N–H and O–H groups in total. The highest BCUT2D eigenvalue weighted by molar-refractivity contribution is 5.96. The number of ether oxygens (including phenoxy) is 2. The van der Waals surface area contributed by atoms with E-state index < -0.39 is 0 Å². The van der Waals surface area contributed by atoms with E-state index in [1.54, 1.807) is 6.20 Å². The molecule has 2 fully saturated rings. The fourth-order valence-corrected chi connectivity index (χ4v) is 4.85. The first kappa shape index (κ1) is 21.4. The van der Waals surface area contributed by atoms with Gasteiger partial charge in [-0.1, -0.05) is 30.3 Å². The second kappa shape index (κ2) is 8.58. The van der Waals surface area contributed by atoms with Gasteiger partial charge in [0.05, 0.1) is 30.3 Å².